The largest absolute Gasteiger partial charge is 0.466 e. The summed E-state index contributed by atoms with van der Waals surface area (Å²) >= 11 is 0. The van der Waals surface area contributed by atoms with Crippen molar-refractivity contribution in [2.24, 2.45) is 0 Å². The Morgan fingerprint density at radius 2 is 0.662 bits per heavy atom. The zero-order valence-corrected chi connectivity index (χ0v) is 48.2. The van der Waals surface area contributed by atoms with Crippen molar-refractivity contribution >= 4 is 11.9 Å². The fourth-order valence-corrected chi connectivity index (χ4v) is 10.3. The number of aliphatic hydroxyl groups is 2. The average Bonchev–Trinajstić information content (AvgIpc) is 3.37. The van der Waals surface area contributed by atoms with Crippen molar-refractivity contribution < 1.29 is 24.5 Å². The smallest absolute Gasteiger partial charge is 0.305 e. The summed E-state index contributed by atoms with van der Waals surface area (Å²) in [5, 5.41) is 23.4. The first-order valence-electron chi connectivity index (χ1n) is 32.4. The van der Waals surface area contributed by atoms with Crippen LogP contribution in [0.15, 0.2) is 12.2 Å². The first-order chi connectivity index (χ1) is 35.0. The molecule has 0 bridgehead atoms. The number of aliphatic hydroxyl groups excluding tert-OH is 2. The van der Waals surface area contributed by atoms with Gasteiger partial charge in [0.05, 0.1) is 25.4 Å². The van der Waals surface area contributed by atoms with Gasteiger partial charge in [-0.3, -0.25) is 9.59 Å². The second-order valence-electron chi connectivity index (χ2n) is 22.5. The maximum Gasteiger partial charge on any atom is 0.305 e. The molecule has 0 aliphatic heterocycles. The summed E-state index contributed by atoms with van der Waals surface area (Å²) in [5.74, 6) is -0.0275. The van der Waals surface area contributed by atoms with Crippen LogP contribution in [0.1, 0.15) is 367 Å². The highest BCUT2D eigenvalue weighted by atomic mass is 16.5. The quantitative estimate of drug-likeness (QED) is 0.0320. The molecule has 6 heteroatoms. The summed E-state index contributed by atoms with van der Waals surface area (Å²) < 4.78 is 5.48. The minimum Gasteiger partial charge on any atom is -0.466 e. The Balaban J connectivity index is 3.41. The Kier molecular flexibility index (Phi) is 59.9. The van der Waals surface area contributed by atoms with Crippen molar-refractivity contribution in [2.75, 3.05) is 13.2 Å². The third-order valence-corrected chi connectivity index (χ3v) is 15.3. The summed E-state index contributed by atoms with van der Waals surface area (Å²) in [6.07, 6.45) is 73.7. The van der Waals surface area contributed by atoms with Crippen LogP contribution in [0.5, 0.6) is 0 Å². The van der Waals surface area contributed by atoms with Gasteiger partial charge in [-0.05, 0) is 51.4 Å². The molecule has 1 amide bonds. The normalized spacial score (nSPS) is 12.6. The molecule has 0 radical (unpaired) electrons. The van der Waals surface area contributed by atoms with Gasteiger partial charge in [-0.25, -0.2) is 0 Å². The van der Waals surface area contributed by atoms with Crippen molar-refractivity contribution in [1.82, 2.24) is 5.32 Å². The van der Waals surface area contributed by atoms with Crippen molar-refractivity contribution in [3.05, 3.63) is 12.2 Å². The monoisotopic (exact) mass is 1000 g/mol. The second kappa shape index (κ2) is 61.1. The minimum atomic E-state index is -0.669. The number of nitrogens with one attached hydrogen (secondary N) is 1. The molecule has 0 aliphatic rings. The molecule has 0 aliphatic carbocycles. The number of ether oxygens (including phenoxy) is 1. The standard InChI is InChI=1S/C65H127NO5/c1-3-5-7-9-11-13-15-17-19-20-24-27-30-33-37-41-45-49-53-57-63(68)62(61-67)66-64(69)58-54-50-46-42-38-34-31-28-25-22-21-23-26-29-32-36-40-44-48-52-56-60-71-65(70)59-55-51-47-43-39-35-18-16-14-12-10-8-6-4-2/h22,25,62-63,67-68H,3-21,23-24,26-61H2,1-2H3,(H,66,69)/b25-22-. The first kappa shape index (κ1) is 69.6. The van der Waals surface area contributed by atoms with Gasteiger partial charge in [0.1, 0.15) is 0 Å². The highest BCUT2D eigenvalue weighted by molar-refractivity contribution is 5.76. The van der Waals surface area contributed by atoms with Gasteiger partial charge >= 0.3 is 5.97 Å². The van der Waals surface area contributed by atoms with Crippen LogP contribution in [0, 0.1) is 0 Å². The lowest BCUT2D eigenvalue weighted by Crippen LogP contribution is -2.45. The summed E-state index contributed by atoms with van der Waals surface area (Å²) in [6, 6.07) is -0.547. The molecule has 2 atom stereocenters. The molecule has 0 fully saturated rings. The summed E-state index contributed by atoms with van der Waals surface area (Å²) in [7, 11) is 0. The molecule has 0 aromatic carbocycles. The molecule has 0 aromatic rings. The van der Waals surface area contributed by atoms with Crippen molar-refractivity contribution in [3.63, 3.8) is 0 Å². The molecule has 0 rings (SSSR count). The average molecular weight is 1000 g/mol. The number of hydrogen-bond acceptors (Lipinski definition) is 5. The lowest BCUT2D eigenvalue weighted by atomic mass is 10.0. The van der Waals surface area contributed by atoms with Crippen LogP contribution in [-0.4, -0.2) is 47.4 Å². The van der Waals surface area contributed by atoms with E-state index in [1.807, 2.05) is 0 Å². The number of unbranched alkanes of at least 4 members (excludes halogenated alkanes) is 48. The van der Waals surface area contributed by atoms with E-state index in [0.29, 0.717) is 25.9 Å². The van der Waals surface area contributed by atoms with Gasteiger partial charge in [0, 0.05) is 12.8 Å². The molecule has 0 saturated heterocycles. The Bertz CT molecular complexity index is 1060. The molecule has 0 saturated carbocycles. The molecule has 71 heavy (non-hydrogen) atoms. The number of esters is 1. The Hall–Kier alpha value is -1.40. The van der Waals surface area contributed by atoms with Crippen LogP contribution in [0.25, 0.3) is 0 Å². The molecule has 2 unspecified atom stereocenters. The number of amides is 1. The number of carbonyl (C=O) groups is 2. The molecule has 0 spiro atoms. The van der Waals surface area contributed by atoms with Gasteiger partial charge in [0.2, 0.25) is 5.91 Å². The fraction of sp³-hybridized carbons (Fsp3) is 0.938. The summed E-state index contributed by atoms with van der Waals surface area (Å²) in [5.41, 5.74) is 0. The van der Waals surface area contributed by atoms with Gasteiger partial charge in [-0.1, -0.05) is 315 Å². The molecule has 422 valence electrons. The van der Waals surface area contributed by atoms with E-state index >= 15 is 0 Å². The highest BCUT2D eigenvalue weighted by Crippen LogP contribution is 2.18. The number of allylic oxidation sites excluding steroid dienone is 2. The van der Waals surface area contributed by atoms with E-state index in [-0.39, 0.29) is 18.5 Å². The predicted octanol–water partition coefficient (Wildman–Crippen LogP) is 20.4. The SMILES string of the molecule is CCCCCCCCCCCCCCCCCCCCCC(O)C(CO)NC(=O)CCCCCCCCC/C=C\CCCCCCCCCCCCOC(=O)CCCCCCCCCCCCCCCC. The van der Waals surface area contributed by atoms with Crippen LogP contribution >= 0.6 is 0 Å². The van der Waals surface area contributed by atoms with E-state index in [4.69, 9.17) is 4.74 Å². The van der Waals surface area contributed by atoms with E-state index in [9.17, 15) is 19.8 Å². The summed E-state index contributed by atoms with van der Waals surface area (Å²) in [6.45, 7) is 4.98. The molecule has 3 N–H and O–H groups in total. The van der Waals surface area contributed by atoms with Gasteiger partial charge in [0.15, 0.2) is 0 Å². The van der Waals surface area contributed by atoms with Gasteiger partial charge in [0.25, 0.3) is 0 Å². The van der Waals surface area contributed by atoms with E-state index in [2.05, 4.69) is 31.3 Å². The van der Waals surface area contributed by atoms with Crippen molar-refractivity contribution in [1.29, 1.82) is 0 Å². The lowest BCUT2D eigenvalue weighted by Gasteiger charge is -2.22. The van der Waals surface area contributed by atoms with Crippen LogP contribution in [0.3, 0.4) is 0 Å². The highest BCUT2D eigenvalue weighted by Gasteiger charge is 2.20. The van der Waals surface area contributed by atoms with Crippen LogP contribution in [0.2, 0.25) is 0 Å². The van der Waals surface area contributed by atoms with Crippen molar-refractivity contribution in [2.45, 2.75) is 379 Å². The molecule has 0 aromatic heterocycles. The van der Waals surface area contributed by atoms with E-state index in [1.165, 1.54) is 295 Å². The second-order valence-corrected chi connectivity index (χ2v) is 22.5. The molecule has 0 heterocycles. The Morgan fingerprint density at radius 3 is 1.00 bits per heavy atom. The topological polar surface area (TPSA) is 95.9 Å². The molecular weight excluding hydrogens is 875 g/mol. The lowest BCUT2D eigenvalue weighted by molar-refractivity contribution is -0.143. The van der Waals surface area contributed by atoms with E-state index < -0.39 is 12.1 Å². The van der Waals surface area contributed by atoms with Gasteiger partial charge in [-0.15, -0.1) is 0 Å². The Labute approximate surface area is 444 Å². The zero-order valence-electron chi connectivity index (χ0n) is 48.2. The van der Waals surface area contributed by atoms with E-state index in [1.54, 1.807) is 0 Å². The maximum absolute atomic E-state index is 12.5. The maximum atomic E-state index is 12.5. The van der Waals surface area contributed by atoms with Crippen LogP contribution in [0.4, 0.5) is 0 Å². The Morgan fingerprint density at radius 1 is 0.380 bits per heavy atom. The minimum absolute atomic E-state index is 0.0114. The third kappa shape index (κ3) is 57.7. The fourth-order valence-electron chi connectivity index (χ4n) is 10.3. The molecular formula is C65H127NO5. The number of carbonyl (C=O) groups excluding carboxylic acids is 2. The van der Waals surface area contributed by atoms with Crippen molar-refractivity contribution in [3.8, 4) is 0 Å². The van der Waals surface area contributed by atoms with Crippen LogP contribution < -0.4 is 5.32 Å². The predicted molar refractivity (Wildman–Crippen MR) is 310 cm³/mol. The van der Waals surface area contributed by atoms with Gasteiger partial charge in [-0.2, -0.15) is 0 Å². The summed E-state index contributed by atoms with van der Waals surface area (Å²) in [4.78, 5) is 24.6. The zero-order chi connectivity index (χ0) is 51.4. The third-order valence-electron chi connectivity index (χ3n) is 15.3. The first-order valence-corrected chi connectivity index (χ1v) is 32.4. The van der Waals surface area contributed by atoms with Crippen LogP contribution in [-0.2, 0) is 14.3 Å². The molecule has 6 nitrogen and oxygen atoms in total. The van der Waals surface area contributed by atoms with Gasteiger partial charge < -0.3 is 20.3 Å². The number of rotatable bonds is 61. The number of hydrogen-bond donors (Lipinski definition) is 3. The van der Waals surface area contributed by atoms with E-state index in [0.717, 1.165) is 38.5 Å².